The summed E-state index contributed by atoms with van der Waals surface area (Å²) in [5.41, 5.74) is 0. The molecule has 0 amide bonds. The molecule has 1 saturated heterocycles. The quantitative estimate of drug-likeness (QED) is 0.785. The third-order valence-electron chi connectivity index (χ3n) is 2.11. The van der Waals surface area contributed by atoms with Crippen molar-refractivity contribution in [3.63, 3.8) is 0 Å². The number of nitrogens with zero attached hydrogens (tertiary/aromatic N) is 1. The Labute approximate surface area is 91.3 Å². The van der Waals surface area contributed by atoms with Crippen LogP contribution in [0, 0.1) is 5.13 Å². The molecule has 4 nitrogen and oxygen atoms in total. The van der Waals surface area contributed by atoms with Crippen LogP contribution in [0.1, 0.15) is 0 Å². The summed E-state index contributed by atoms with van der Waals surface area (Å²) in [5.74, 6) is 0. The van der Waals surface area contributed by atoms with Crippen LogP contribution >= 0.6 is 11.3 Å². The smallest absolute Gasteiger partial charge is 0.252 e. The molecule has 2 heterocycles. The van der Waals surface area contributed by atoms with Gasteiger partial charge in [-0.05, 0) is 12.1 Å². The Balaban J connectivity index is 2.26. The van der Waals surface area contributed by atoms with Gasteiger partial charge in [0.25, 0.3) is 10.0 Å². The van der Waals surface area contributed by atoms with Gasteiger partial charge >= 0.3 is 0 Å². The highest BCUT2D eigenvalue weighted by atomic mass is 32.2. The number of rotatable bonds is 2. The van der Waals surface area contributed by atoms with Crippen LogP contribution in [0.15, 0.2) is 16.3 Å². The molecule has 0 radical (unpaired) electrons. The summed E-state index contributed by atoms with van der Waals surface area (Å²) in [6.07, 6.45) is 0. The van der Waals surface area contributed by atoms with Gasteiger partial charge in [-0.3, -0.25) is 0 Å². The summed E-state index contributed by atoms with van der Waals surface area (Å²) in [6, 6.07) is 2.46. The third-order valence-corrected chi connectivity index (χ3v) is 5.35. The number of morpholine rings is 1. The number of ether oxygens (including phenoxy) is 1. The van der Waals surface area contributed by atoms with Crippen LogP contribution in [-0.2, 0) is 14.8 Å². The summed E-state index contributed by atoms with van der Waals surface area (Å²) < 4.78 is 43.0. The first-order valence-electron chi connectivity index (χ1n) is 4.44. The third kappa shape index (κ3) is 2.20. The zero-order valence-electron chi connectivity index (χ0n) is 7.85. The first kappa shape index (κ1) is 11.0. The van der Waals surface area contributed by atoms with Gasteiger partial charge in [-0.2, -0.15) is 8.70 Å². The molecule has 84 valence electrons. The SMILES string of the molecule is O=S(=O)(c1ccc(F)s1)N1CCOCC1. The largest absolute Gasteiger partial charge is 0.379 e. The Hall–Kier alpha value is -0.500. The second-order valence-electron chi connectivity index (χ2n) is 3.08. The zero-order chi connectivity index (χ0) is 10.9. The minimum absolute atomic E-state index is 0.0573. The maximum atomic E-state index is 12.7. The molecule has 0 N–H and O–H groups in total. The molecule has 15 heavy (non-hydrogen) atoms. The van der Waals surface area contributed by atoms with Gasteiger partial charge < -0.3 is 4.74 Å². The lowest BCUT2D eigenvalue weighted by molar-refractivity contribution is 0.0731. The molecular formula is C8H10FNO3S2. The molecule has 0 aromatic carbocycles. The van der Waals surface area contributed by atoms with Crippen molar-refractivity contribution in [2.24, 2.45) is 0 Å². The van der Waals surface area contributed by atoms with E-state index in [1.165, 1.54) is 10.4 Å². The summed E-state index contributed by atoms with van der Waals surface area (Å²) in [7, 11) is -3.51. The van der Waals surface area contributed by atoms with Crippen molar-refractivity contribution in [2.45, 2.75) is 4.21 Å². The molecular weight excluding hydrogens is 241 g/mol. The van der Waals surface area contributed by atoms with E-state index in [0.717, 1.165) is 6.07 Å². The van der Waals surface area contributed by atoms with Crippen molar-refractivity contribution in [3.05, 3.63) is 17.3 Å². The van der Waals surface area contributed by atoms with Gasteiger partial charge in [0.1, 0.15) is 4.21 Å². The lowest BCUT2D eigenvalue weighted by atomic mass is 10.5. The van der Waals surface area contributed by atoms with Gasteiger partial charge in [0, 0.05) is 13.1 Å². The molecule has 0 atom stereocenters. The van der Waals surface area contributed by atoms with Gasteiger partial charge in [0.15, 0.2) is 5.13 Å². The van der Waals surface area contributed by atoms with Crippen molar-refractivity contribution in [2.75, 3.05) is 26.3 Å². The Morgan fingerprint density at radius 1 is 1.33 bits per heavy atom. The Morgan fingerprint density at radius 3 is 2.53 bits per heavy atom. The average Bonchev–Trinajstić information content (AvgIpc) is 2.67. The normalized spacial score (nSPS) is 19.3. The van der Waals surface area contributed by atoms with Crippen molar-refractivity contribution in [1.82, 2.24) is 4.31 Å². The molecule has 0 unspecified atom stereocenters. The molecule has 7 heteroatoms. The van der Waals surface area contributed by atoms with E-state index < -0.39 is 15.2 Å². The first-order chi connectivity index (χ1) is 7.10. The number of thiophene rings is 1. The summed E-state index contributed by atoms with van der Waals surface area (Å²) in [6.45, 7) is 1.46. The van der Waals surface area contributed by atoms with Crippen LogP contribution in [0.5, 0.6) is 0 Å². The molecule has 2 rings (SSSR count). The standard InChI is InChI=1S/C8H10FNO3S2/c9-7-1-2-8(14-7)15(11,12)10-3-5-13-6-4-10/h1-2H,3-6H2. The van der Waals surface area contributed by atoms with E-state index in [-0.39, 0.29) is 4.21 Å². The van der Waals surface area contributed by atoms with E-state index in [4.69, 9.17) is 4.74 Å². The number of sulfonamides is 1. The number of halogens is 1. The maximum absolute atomic E-state index is 12.7. The van der Waals surface area contributed by atoms with E-state index in [9.17, 15) is 12.8 Å². The zero-order valence-corrected chi connectivity index (χ0v) is 9.48. The minimum Gasteiger partial charge on any atom is -0.379 e. The number of hydrogen-bond donors (Lipinski definition) is 0. The number of hydrogen-bond acceptors (Lipinski definition) is 4. The Kier molecular flexibility index (Phi) is 3.06. The fraction of sp³-hybridized carbons (Fsp3) is 0.500. The van der Waals surface area contributed by atoms with E-state index >= 15 is 0 Å². The van der Waals surface area contributed by atoms with Crippen LogP contribution in [0.2, 0.25) is 0 Å². The Morgan fingerprint density at radius 2 is 2.00 bits per heavy atom. The lowest BCUT2D eigenvalue weighted by Gasteiger charge is -2.25. The molecule has 1 aromatic heterocycles. The summed E-state index contributed by atoms with van der Waals surface area (Å²) >= 11 is 0.651. The van der Waals surface area contributed by atoms with E-state index in [1.54, 1.807) is 0 Å². The predicted octanol–water partition coefficient (Wildman–Crippen LogP) is 0.908. The molecule has 0 bridgehead atoms. The van der Waals surface area contributed by atoms with Crippen molar-refractivity contribution < 1.29 is 17.5 Å². The van der Waals surface area contributed by atoms with Crippen LogP contribution in [0.3, 0.4) is 0 Å². The van der Waals surface area contributed by atoms with E-state index in [0.29, 0.717) is 37.6 Å². The predicted molar refractivity (Wildman–Crippen MR) is 53.9 cm³/mol. The molecule has 1 aliphatic rings. The van der Waals surface area contributed by atoms with Crippen LogP contribution in [-0.4, -0.2) is 39.0 Å². The van der Waals surface area contributed by atoms with Gasteiger partial charge in [0.05, 0.1) is 13.2 Å². The second kappa shape index (κ2) is 4.17. The average molecular weight is 251 g/mol. The molecule has 1 fully saturated rings. The van der Waals surface area contributed by atoms with Crippen molar-refractivity contribution >= 4 is 21.4 Å². The van der Waals surface area contributed by atoms with Crippen LogP contribution < -0.4 is 0 Å². The minimum atomic E-state index is -3.51. The molecule has 0 saturated carbocycles. The summed E-state index contributed by atoms with van der Waals surface area (Å²) in [4.78, 5) is 0. The van der Waals surface area contributed by atoms with Gasteiger partial charge in [0.2, 0.25) is 0 Å². The van der Waals surface area contributed by atoms with Crippen molar-refractivity contribution in [3.8, 4) is 0 Å². The molecule has 0 aliphatic carbocycles. The fourth-order valence-electron chi connectivity index (χ4n) is 1.35. The van der Waals surface area contributed by atoms with Gasteiger partial charge in [-0.15, -0.1) is 0 Å². The monoisotopic (exact) mass is 251 g/mol. The highest BCUT2D eigenvalue weighted by Crippen LogP contribution is 2.24. The highest BCUT2D eigenvalue weighted by molar-refractivity contribution is 7.91. The topological polar surface area (TPSA) is 46.6 Å². The second-order valence-corrected chi connectivity index (χ2v) is 6.27. The van der Waals surface area contributed by atoms with E-state index in [1.807, 2.05) is 0 Å². The first-order valence-corrected chi connectivity index (χ1v) is 6.69. The lowest BCUT2D eigenvalue weighted by Crippen LogP contribution is -2.40. The van der Waals surface area contributed by atoms with Crippen molar-refractivity contribution in [1.29, 1.82) is 0 Å². The molecule has 1 aliphatic heterocycles. The molecule has 0 spiro atoms. The van der Waals surface area contributed by atoms with E-state index in [2.05, 4.69) is 0 Å². The highest BCUT2D eigenvalue weighted by Gasteiger charge is 2.27. The van der Waals surface area contributed by atoms with Crippen LogP contribution in [0.25, 0.3) is 0 Å². The van der Waals surface area contributed by atoms with Gasteiger partial charge in [-0.1, -0.05) is 11.3 Å². The van der Waals surface area contributed by atoms with Gasteiger partial charge in [-0.25, -0.2) is 8.42 Å². The molecule has 1 aromatic rings. The maximum Gasteiger partial charge on any atom is 0.252 e. The summed E-state index contributed by atoms with van der Waals surface area (Å²) in [5, 5.41) is -0.484. The van der Waals surface area contributed by atoms with Crippen LogP contribution in [0.4, 0.5) is 4.39 Å². The Bertz CT molecular complexity index is 436. The fourth-order valence-corrected chi connectivity index (χ4v) is 3.92.